The van der Waals surface area contributed by atoms with Gasteiger partial charge in [-0.2, -0.15) is 0 Å². The third-order valence-electron chi connectivity index (χ3n) is 4.48. The van der Waals surface area contributed by atoms with Gasteiger partial charge >= 0.3 is 0 Å². The molecule has 3 nitrogen and oxygen atoms in total. The Morgan fingerprint density at radius 2 is 1.59 bits per heavy atom. The minimum Gasteiger partial charge on any atom is -0.270 e. The maximum atomic E-state index is 4.55. The first kappa shape index (κ1) is 17.6. The van der Waals surface area contributed by atoms with Gasteiger partial charge in [0.25, 0.3) is 0 Å². The van der Waals surface area contributed by atoms with E-state index in [0.717, 1.165) is 28.0 Å². The maximum Gasteiger partial charge on any atom is 0.196 e. The van der Waals surface area contributed by atoms with E-state index < -0.39 is 0 Å². The Balaban J connectivity index is 1.79. The maximum absolute atomic E-state index is 4.55. The van der Waals surface area contributed by atoms with E-state index in [1.165, 1.54) is 16.7 Å². The molecule has 0 aliphatic rings. The van der Waals surface area contributed by atoms with Gasteiger partial charge in [0, 0.05) is 11.3 Å². The molecule has 1 heterocycles. The fourth-order valence-electron chi connectivity index (χ4n) is 3.09. The number of aryl methyl sites for hydroxylation is 2. The molecule has 0 saturated heterocycles. The zero-order valence-electron chi connectivity index (χ0n) is 15.5. The number of nitrogens with zero attached hydrogens (tertiary/aromatic N) is 3. The molecule has 0 fully saturated rings. The Labute approximate surface area is 164 Å². The zero-order valence-corrected chi connectivity index (χ0v) is 16.3. The third kappa shape index (κ3) is 3.81. The largest absolute Gasteiger partial charge is 0.270 e. The quantitative estimate of drug-likeness (QED) is 0.413. The molecule has 134 valence electrons. The molecule has 0 bridgehead atoms. The van der Waals surface area contributed by atoms with Crippen LogP contribution >= 0.6 is 11.8 Å². The molecule has 4 heteroatoms. The standard InChI is InChI=1S/C23H21N3S/c1-17-9-8-13-20(15-17)22-24-25-23(27-16-19-11-4-3-5-12-19)26(22)21-14-7-6-10-18(21)2/h3-15H,16H2,1-2H3. The first-order valence-corrected chi connectivity index (χ1v) is 9.96. The monoisotopic (exact) mass is 371 g/mol. The predicted octanol–water partition coefficient (Wildman–Crippen LogP) is 5.84. The zero-order chi connectivity index (χ0) is 18.6. The van der Waals surface area contributed by atoms with Crippen LogP contribution in [0.2, 0.25) is 0 Å². The van der Waals surface area contributed by atoms with Crippen LogP contribution in [0.3, 0.4) is 0 Å². The van der Waals surface area contributed by atoms with E-state index in [2.05, 4.69) is 101 Å². The van der Waals surface area contributed by atoms with Crippen molar-refractivity contribution >= 4 is 11.8 Å². The smallest absolute Gasteiger partial charge is 0.196 e. The fraction of sp³-hybridized carbons (Fsp3) is 0.130. The lowest BCUT2D eigenvalue weighted by Gasteiger charge is -2.13. The van der Waals surface area contributed by atoms with Crippen molar-refractivity contribution in [1.29, 1.82) is 0 Å². The van der Waals surface area contributed by atoms with E-state index in [1.807, 2.05) is 6.07 Å². The van der Waals surface area contributed by atoms with Crippen LogP contribution in [0.4, 0.5) is 0 Å². The van der Waals surface area contributed by atoms with Gasteiger partial charge in [-0.25, -0.2) is 0 Å². The summed E-state index contributed by atoms with van der Waals surface area (Å²) in [4.78, 5) is 0. The lowest BCUT2D eigenvalue weighted by atomic mass is 10.1. The molecule has 0 atom stereocenters. The minimum absolute atomic E-state index is 0.860. The van der Waals surface area contributed by atoms with Crippen LogP contribution in [0.5, 0.6) is 0 Å². The number of benzene rings is 3. The summed E-state index contributed by atoms with van der Waals surface area (Å²) in [6.45, 7) is 4.23. The minimum atomic E-state index is 0.860. The number of hydrogen-bond acceptors (Lipinski definition) is 3. The van der Waals surface area contributed by atoms with E-state index >= 15 is 0 Å². The van der Waals surface area contributed by atoms with Crippen LogP contribution in [-0.2, 0) is 5.75 Å². The molecule has 27 heavy (non-hydrogen) atoms. The van der Waals surface area contributed by atoms with Gasteiger partial charge in [-0.05, 0) is 37.1 Å². The van der Waals surface area contributed by atoms with Gasteiger partial charge < -0.3 is 0 Å². The number of aromatic nitrogens is 3. The summed E-state index contributed by atoms with van der Waals surface area (Å²) in [6, 6.07) is 27.3. The fourth-order valence-corrected chi connectivity index (χ4v) is 3.99. The number of thioether (sulfide) groups is 1. The van der Waals surface area contributed by atoms with E-state index in [4.69, 9.17) is 0 Å². The molecule has 0 aliphatic heterocycles. The van der Waals surface area contributed by atoms with Gasteiger partial charge in [0.05, 0.1) is 5.69 Å². The highest BCUT2D eigenvalue weighted by Gasteiger charge is 2.17. The Kier molecular flexibility index (Phi) is 5.07. The second-order valence-electron chi connectivity index (χ2n) is 6.57. The Hall–Kier alpha value is -2.85. The molecule has 1 aromatic heterocycles. The summed E-state index contributed by atoms with van der Waals surface area (Å²) in [6.07, 6.45) is 0. The molecule has 4 rings (SSSR count). The Bertz CT molecular complexity index is 1050. The van der Waals surface area contributed by atoms with E-state index in [0.29, 0.717) is 0 Å². The number of para-hydroxylation sites is 1. The summed E-state index contributed by atoms with van der Waals surface area (Å²) in [5, 5.41) is 9.99. The number of hydrogen-bond donors (Lipinski definition) is 0. The molecule has 0 N–H and O–H groups in total. The van der Waals surface area contributed by atoms with Crippen LogP contribution < -0.4 is 0 Å². The van der Waals surface area contributed by atoms with E-state index in [1.54, 1.807) is 11.8 Å². The Morgan fingerprint density at radius 3 is 2.37 bits per heavy atom. The van der Waals surface area contributed by atoms with E-state index in [9.17, 15) is 0 Å². The molecule has 0 spiro atoms. The number of rotatable bonds is 5. The average molecular weight is 372 g/mol. The van der Waals surface area contributed by atoms with E-state index in [-0.39, 0.29) is 0 Å². The summed E-state index contributed by atoms with van der Waals surface area (Å²) >= 11 is 1.71. The van der Waals surface area contributed by atoms with Crippen molar-refractivity contribution in [3.05, 3.63) is 95.6 Å². The lowest BCUT2D eigenvalue weighted by molar-refractivity contribution is 0.880. The first-order chi connectivity index (χ1) is 13.2. The molecule has 3 aromatic carbocycles. The Morgan fingerprint density at radius 1 is 0.815 bits per heavy atom. The highest BCUT2D eigenvalue weighted by atomic mass is 32.2. The first-order valence-electron chi connectivity index (χ1n) is 8.97. The molecule has 0 amide bonds. The molecule has 4 aromatic rings. The van der Waals surface area contributed by atoms with Crippen molar-refractivity contribution in [2.75, 3.05) is 0 Å². The van der Waals surface area contributed by atoms with Crippen LogP contribution in [0.25, 0.3) is 17.1 Å². The molecular weight excluding hydrogens is 350 g/mol. The predicted molar refractivity (Wildman–Crippen MR) is 112 cm³/mol. The van der Waals surface area contributed by atoms with Gasteiger partial charge in [-0.1, -0.05) is 84.1 Å². The van der Waals surface area contributed by atoms with Crippen LogP contribution in [-0.4, -0.2) is 14.8 Å². The molecule has 0 aliphatic carbocycles. The third-order valence-corrected chi connectivity index (χ3v) is 5.48. The van der Waals surface area contributed by atoms with Gasteiger partial charge in [-0.15, -0.1) is 10.2 Å². The molecule has 0 saturated carbocycles. The summed E-state index contributed by atoms with van der Waals surface area (Å²) in [7, 11) is 0. The topological polar surface area (TPSA) is 30.7 Å². The average Bonchev–Trinajstić information content (AvgIpc) is 3.11. The van der Waals surface area contributed by atoms with Crippen LogP contribution in [0.1, 0.15) is 16.7 Å². The van der Waals surface area contributed by atoms with Crippen molar-refractivity contribution < 1.29 is 0 Å². The second kappa shape index (κ2) is 7.80. The van der Waals surface area contributed by atoms with Crippen molar-refractivity contribution in [3.63, 3.8) is 0 Å². The van der Waals surface area contributed by atoms with Crippen molar-refractivity contribution in [2.24, 2.45) is 0 Å². The van der Waals surface area contributed by atoms with Gasteiger partial charge in [0.15, 0.2) is 11.0 Å². The van der Waals surface area contributed by atoms with Gasteiger partial charge in [0.2, 0.25) is 0 Å². The molecule has 0 radical (unpaired) electrons. The second-order valence-corrected chi connectivity index (χ2v) is 7.51. The summed E-state index contributed by atoms with van der Waals surface area (Å²) < 4.78 is 2.18. The van der Waals surface area contributed by atoms with Crippen molar-refractivity contribution in [3.8, 4) is 17.1 Å². The SMILES string of the molecule is Cc1cccc(-c2nnc(SCc3ccccc3)n2-c2ccccc2C)c1. The normalized spacial score (nSPS) is 10.9. The summed E-state index contributed by atoms with van der Waals surface area (Å²) in [5.74, 6) is 1.74. The van der Waals surface area contributed by atoms with Gasteiger partial charge in [-0.3, -0.25) is 4.57 Å². The van der Waals surface area contributed by atoms with Crippen LogP contribution in [0, 0.1) is 13.8 Å². The molecular formula is C23H21N3S. The highest BCUT2D eigenvalue weighted by molar-refractivity contribution is 7.98. The highest BCUT2D eigenvalue weighted by Crippen LogP contribution is 2.31. The van der Waals surface area contributed by atoms with Crippen molar-refractivity contribution in [1.82, 2.24) is 14.8 Å². The lowest BCUT2D eigenvalue weighted by Crippen LogP contribution is -2.02. The van der Waals surface area contributed by atoms with Crippen molar-refractivity contribution in [2.45, 2.75) is 24.8 Å². The summed E-state index contributed by atoms with van der Waals surface area (Å²) in [5.41, 5.74) is 5.89. The molecule has 0 unspecified atom stereocenters. The van der Waals surface area contributed by atoms with Gasteiger partial charge in [0.1, 0.15) is 0 Å². The van der Waals surface area contributed by atoms with Crippen LogP contribution in [0.15, 0.2) is 84.0 Å².